The van der Waals surface area contributed by atoms with Gasteiger partial charge in [-0.2, -0.15) is 0 Å². The summed E-state index contributed by atoms with van der Waals surface area (Å²) < 4.78 is 0. The number of rotatable bonds is 4. The Hall–Kier alpha value is -2.73. The van der Waals surface area contributed by atoms with Gasteiger partial charge in [0.1, 0.15) is 12.2 Å². The van der Waals surface area contributed by atoms with Gasteiger partial charge in [-0.15, -0.1) is 11.3 Å². The molecule has 1 aromatic carbocycles. The first-order chi connectivity index (χ1) is 12.5. The van der Waals surface area contributed by atoms with Gasteiger partial charge in [-0.3, -0.25) is 9.79 Å². The molecule has 0 saturated carbocycles. The van der Waals surface area contributed by atoms with Crippen molar-refractivity contribution in [2.45, 2.75) is 19.4 Å². The van der Waals surface area contributed by atoms with Crippen molar-refractivity contribution in [2.75, 3.05) is 13.6 Å². The van der Waals surface area contributed by atoms with E-state index in [1.165, 1.54) is 27.7 Å². The van der Waals surface area contributed by atoms with Gasteiger partial charge >= 0.3 is 0 Å². The molecule has 0 saturated heterocycles. The molecule has 5 nitrogen and oxygen atoms in total. The molecule has 0 aliphatic carbocycles. The molecule has 0 radical (unpaired) electrons. The van der Waals surface area contributed by atoms with Gasteiger partial charge in [0.2, 0.25) is 5.91 Å². The SMILES string of the molecule is C=CC(=O)N1Cc2sc(C)cc2[C@@H](c2ccccc2C(N)=NC=NC)C1. The van der Waals surface area contributed by atoms with Crippen LogP contribution in [0.1, 0.15) is 32.4 Å². The zero-order chi connectivity index (χ0) is 18.7. The molecule has 2 aromatic rings. The fourth-order valence-corrected chi connectivity index (χ4v) is 4.46. The van der Waals surface area contributed by atoms with Gasteiger partial charge in [0.05, 0.1) is 6.54 Å². The predicted octanol–water partition coefficient (Wildman–Crippen LogP) is 3.08. The maximum absolute atomic E-state index is 12.3. The summed E-state index contributed by atoms with van der Waals surface area (Å²) in [5, 5.41) is 0. The minimum Gasteiger partial charge on any atom is -0.383 e. The van der Waals surface area contributed by atoms with E-state index >= 15 is 0 Å². The van der Waals surface area contributed by atoms with Crippen molar-refractivity contribution < 1.29 is 4.79 Å². The quantitative estimate of drug-likeness (QED) is 0.513. The minimum atomic E-state index is -0.0519. The lowest BCUT2D eigenvalue weighted by Crippen LogP contribution is -2.37. The Morgan fingerprint density at radius 1 is 1.38 bits per heavy atom. The van der Waals surface area contributed by atoms with Crippen LogP contribution in [0.4, 0.5) is 0 Å². The Kier molecular flexibility index (Phi) is 5.32. The third-order valence-electron chi connectivity index (χ3n) is 4.49. The van der Waals surface area contributed by atoms with Crippen LogP contribution in [0.15, 0.2) is 53.0 Å². The van der Waals surface area contributed by atoms with Crippen LogP contribution in [0.3, 0.4) is 0 Å². The van der Waals surface area contributed by atoms with Crippen molar-refractivity contribution in [3.63, 3.8) is 0 Å². The first kappa shape index (κ1) is 18.1. The Balaban J connectivity index is 2.10. The maximum atomic E-state index is 12.3. The fourth-order valence-electron chi connectivity index (χ4n) is 3.34. The van der Waals surface area contributed by atoms with Crippen molar-refractivity contribution in [3.8, 4) is 0 Å². The van der Waals surface area contributed by atoms with Crippen LogP contribution in [-0.4, -0.2) is 36.6 Å². The number of aryl methyl sites for hydroxylation is 1. The van der Waals surface area contributed by atoms with Crippen molar-refractivity contribution >= 4 is 29.4 Å². The van der Waals surface area contributed by atoms with Gasteiger partial charge < -0.3 is 10.6 Å². The zero-order valence-corrected chi connectivity index (χ0v) is 15.8. The summed E-state index contributed by atoms with van der Waals surface area (Å²) in [6.07, 6.45) is 2.82. The summed E-state index contributed by atoms with van der Waals surface area (Å²) in [4.78, 5) is 24.6. The average molecular weight is 366 g/mol. The second kappa shape index (κ2) is 7.66. The highest BCUT2D eigenvalue weighted by Gasteiger charge is 2.31. The van der Waals surface area contributed by atoms with E-state index in [9.17, 15) is 4.79 Å². The first-order valence-corrected chi connectivity index (χ1v) is 9.20. The van der Waals surface area contributed by atoms with Crippen molar-refractivity contribution in [1.29, 1.82) is 0 Å². The Morgan fingerprint density at radius 3 is 2.88 bits per heavy atom. The summed E-state index contributed by atoms with van der Waals surface area (Å²) in [6, 6.07) is 10.2. The van der Waals surface area contributed by atoms with E-state index in [0.29, 0.717) is 18.9 Å². The highest BCUT2D eigenvalue weighted by Crippen LogP contribution is 2.39. The van der Waals surface area contributed by atoms with Crippen LogP contribution in [-0.2, 0) is 11.3 Å². The van der Waals surface area contributed by atoms with E-state index < -0.39 is 0 Å². The number of hydrogen-bond donors (Lipinski definition) is 1. The maximum Gasteiger partial charge on any atom is 0.246 e. The van der Waals surface area contributed by atoms with E-state index in [1.807, 2.05) is 23.1 Å². The molecule has 0 spiro atoms. The lowest BCUT2D eigenvalue weighted by atomic mass is 9.85. The van der Waals surface area contributed by atoms with Gasteiger partial charge in [0, 0.05) is 34.8 Å². The molecule has 3 rings (SSSR count). The van der Waals surface area contributed by atoms with Crippen molar-refractivity contribution in [1.82, 2.24) is 4.90 Å². The van der Waals surface area contributed by atoms with Crippen LogP contribution >= 0.6 is 11.3 Å². The number of nitrogens with two attached hydrogens (primary N) is 1. The van der Waals surface area contributed by atoms with Crippen molar-refractivity contribution in [2.24, 2.45) is 15.7 Å². The Bertz CT molecular complexity index is 897. The molecule has 1 aliphatic rings. The van der Waals surface area contributed by atoms with Crippen LogP contribution in [0.25, 0.3) is 0 Å². The largest absolute Gasteiger partial charge is 0.383 e. The summed E-state index contributed by atoms with van der Waals surface area (Å²) in [5.41, 5.74) is 9.41. The number of hydrogen-bond acceptors (Lipinski definition) is 3. The van der Waals surface area contributed by atoms with E-state index in [-0.39, 0.29) is 11.8 Å². The van der Waals surface area contributed by atoms with E-state index in [0.717, 1.165) is 11.1 Å². The number of fused-ring (bicyclic) bond motifs is 1. The lowest BCUT2D eigenvalue weighted by Gasteiger charge is -2.33. The second-order valence-electron chi connectivity index (χ2n) is 6.19. The number of amidine groups is 1. The molecule has 6 heteroatoms. The monoisotopic (exact) mass is 366 g/mol. The molecular weight excluding hydrogens is 344 g/mol. The van der Waals surface area contributed by atoms with Gasteiger partial charge in [0.25, 0.3) is 0 Å². The smallest absolute Gasteiger partial charge is 0.246 e. The highest BCUT2D eigenvalue weighted by atomic mass is 32.1. The Morgan fingerprint density at radius 2 is 2.15 bits per heavy atom. The highest BCUT2D eigenvalue weighted by molar-refractivity contribution is 7.12. The van der Waals surface area contributed by atoms with Crippen LogP contribution in [0, 0.1) is 6.92 Å². The molecular formula is C20H22N4OS. The zero-order valence-electron chi connectivity index (χ0n) is 15.0. The molecule has 0 bridgehead atoms. The third kappa shape index (κ3) is 3.46. The van der Waals surface area contributed by atoms with Crippen LogP contribution in [0.2, 0.25) is 0 Å². The van der Waals surface area contributed by atoms with Crippen LogP contribution in [0.5, 0.6) is 0 Å². The summed E-state index contributed by atoms with van der Waals surface area (Å²) in [6.45, 7) is 6.95. The van der Waals surface area contributed by atoms with E-state index in [1.54, 1.807) is 18.4 Å². The lowest BCUT2D eigenvalue weighted by molar-refractivity contribution is -0.127. The molecule has 134 valence electrons. The van der Waals surface area contributed by atoms with Gasteiger partial charge in [-0.1, -0.05) is 30.8 Å². The number of nitrogens with zero attached hydrogens (tertiary/aromatic N) is 3. The number of benzene rings is 1. The second-order valence-corrected chi connectivity index (χ2v) is 7.53. The number of aliphatic imine (C=N–C) groups is 2. The van der Waals surface area contributed by atoms with E-state index in [2.05, 4.69) is 35.6 Å². The normalized spacial score (nSPS) is 17.4. The predicted molar refractivity (Wildman–Crippen MR) is 108 cm³/mol. The molecule has 1 aliphatic heterocycles. The number of carbonyl (C=O) groups is 1. The van der Waals surface area contributed by atoms with Crippen molar-refractivity contribution in [3.05, 3.63) is 69.4 Å². The molecule has 1 atom stereocenters. The standard InChI is InChI=1S/C20H22N4OS/c1-4-19(25)24-10-17(16-9-13(2)26-18(16)11-24)14-7-5-6-8-15(14)20(21)23-12-22-3/h4-9,12,17H,1,10-11H2,2-3H3,(H2,21,22,23)/t17-/m1/s1. The summed E-state index contributed by atoms with van der Waals surface area (Å²) >= 11 is 1.74. The average Bonchev–Trinajstić information content (AvgIpc) is 3.04. The fraction of sp³-hybridized carbons (Fsp3) is 0.250. The van der Waals surface area contributed by atoms with Gasteiger partial charge in [-0.05, 0) is 30.2 Å². The topological polar surface area (TPSA) is 71.0 Å². The third-order valence-corrected chi connectivity index (χ3v) is 5.54. The molecule has 1 amide bonds. The molecule has 1 aromatic heterocycles. The molecule has 0 unspecified atom stereocenters. The van der Waals surface area contributed by atoms with E-state index in [4.69, 9.17) is 5.73 Å². The van der Waals surface area contributed by atoms with Gasteiger partial charge in [0.15, 0.2) is 0 Å². The minimum absolute atomic E-state index is 0.0519. The van der Waals surface area contributed by atoms with Gasteiger partial charge in [-0.25, -0.2) is 4.99 Å². The number of amides is 1. The van der Waals surface area contributed by atoms with Crippen LogP contribution < -0.4 is 5.73 Å². The first-order valence-electron chi connectivity index (χ1n) is 8.39. The number of carbonyl (C=O) groups excluding carboxylic acids is 1. The molecule has 26 heavy (non-hydrogen) atoms. The molecule has 2 heterocycles. The summed E-state index contributed by atoms with van der Waals surface area (Å²) in [7, 11) is 1.66. The number of thiophene rings is 1. The summed E-state index contributed by atoms with van der Waals surface area (Å²) in [5.74, 6) is 0.423. The molecule has 0 fully saturated rings. The Labute approximate surface area is 157 Å². The molecule has 2 N–H and O–H groups in total.